The van der Waals surface area contributed by atoms with Gasteiger partial charge in [-0.3, -0.25) is 4.68 Å². The maximum Gasteiger partial charge on any atom is 0.0666 e. The molecule has 1 aliphatic heterocycles. The number of hydrogen-bond acceptors (Lipinski definition) is 3. The Balaban J connectivity index is 1.81. The molecule has 1 fully saturated rings. The van der Waals surface area contributed by atoms with Crippen LogP contribution in [-0.4, -0.2) is 29.0 Å². The predicted molar refractivity (Wildman–Crippen MR) is 72.4 cm³/mol. The van der Waals surface area contributed by atoms with Crippen LogP contribution in [-0.2, 0) is 24.8 Å². The zero-order valence-corrected chi connectivity index (χ0v) is 11.8. The van der Waals surface area contributed by atoms with E-state index >= 15 is 0 Å². The molecule has 0 bridgehead atoms. The Morgan fingerprint density at radius 3 is 3.06 bits per heavy atom. The van der Waals surface area contributed by atoms with E-state index in [4.69, 9.17) is 4.74 Å². The summed E-state index contributed by atoms with van der Waals surface area (Å²) in [6, 6.07) is 0. The van der Waals surface area contributed by atoms with Gasteiger partial charge in [-0.05, 0) is 25.2 Å². The van der Waals surface area contributed by atoms with E-state index in [0.717, 1.165) is 32.5 Å². The Hall–Kier alpha value is -0.870. The fraction of sp³-hybridized carbons (Fsp3) is 0.786. The summed E-state index contributed by atoms with van der Waals surface area (Å²) in [5.41, 5.74) is 2.53. The monoisotopic (exact) mass is 251 g/mol. The lowest BCUT2D eigenvalue weighted by atomic mass is 9.99. The fourth-order valence-corrected chi connectivity index (χ4v) is 2.80. The normalized spacial score (nSPS) is 23.7. The molecular formula is C14H25N3O. The molecule has 0 radical (unpaired) electrons. The SMILES string of the molecule is CCc1nn(C)cc1CNCC1CCOC1CC. The summed E-state index contributed by atoms with van der Waals surface area (Å²) >= 11 is 0. The standard InChI is InChI=1S/C14H25N3O/c1-4-13-12(10-17(3)16-13)9-15-8-11-6-7-18-14(11)5-2/h10-11,14-15H,4-9H2,1-3H3. The van der Waals surface area contributed by atoms with Gasteiger partial charge in [0.05, 0.1) is 11.8 Å². The maximum absolute atomic E-state index is 5.71. The van der Waals surface area contributed by atoms with E-state index < -0.39 is 0 Å². The van der Waals surface area contributed by atoms with Crippen molar-refractivity contribution in [2.45, 2.75) is 45.8 Å². The second-order valence-electron chi connectivity index (χ2n) is 5.13. The molecule has 102 valence electrons. The zero-order valence-electron chi connectivity index (χ0n) is 11.8. The van der Waals surface area contributed by atoms with Crippen LogP contribution in [0.1, 0.15) is 37.9 Å². The largest absolute Gasteiger partial charge is 0.378 e. The first kappa shape index (κ1) is 13.6. The van der Waals surface area contributed by atoms with E-state index in [1.165, 1.54) is 17.7 Å². The second-order valence-corrected chi connectivity index (χ2v) is 5.13. The third-order valence-corrected chi connectivity index (χ3v) is 3.80. The molecule has 0 saturated carbocycles. The van der Waals surface area contributed by atoms with E-state index in [1.807, 2.05) is 11.7 Å². The molecule has 1 N–H and O–H groups in total. The molecule has 1 aromatic rings. The molecule has 18 heavy (non-hydrogen) atoms. The van der Waals surface area contributed by atoms with Gasteiger partial charge in [0.1, 0.15) is 0 Å². The minimum atomic E-state index is 0.456. The molecule has 1 aliphatic rings. The third-order valence-electron chi connectivity index (χ3n) is 3.80. The van der Waals surface area contributed by atoms with Crippen molar-refractivity contribution in [1.29, 1.82) is 0 Å². The summed E-state index contributed by atoms with van der Waals surface area (Å²) in [7, 11) is 1.99. The first-order valence-electron chi connectivity index (χ1n) is 7.08. The molecule has 0 amide bonds. The van der Waals surface area contributed by atoms with Crippen LogP contribution in [0.5, 0.6) is 0 Å². The van der Waals surface area contributed by atoms with Crippen LogP contribution in [0.4, 0.5) is 0 Å². The van der Waals surface area contributed by atoms with Gasteiger partial charge in [0.25, 0.3) is 0 Å². The molecule has 4 heteroatoms. The summed E-state index contributed by atoms with van der Waals surface area (Å²) < 4.78 is 7.62. The fourth-order valence-electron chi connectivity index (χ4n) is 2.80. The number of aromatic nitrogens is 2. The molecule has 4 nitrogen and oxygen atoms in total. The Kier molecular flexibility index (Phi) is 4.78. The smallest absolute Gasteiger partial charge is 0.0666 e. The Bertz CT molecular complexity index is 375. The number of hydrogen-bond donors (Lipinski definition) is 1. The Labute approximate surface area is 110 Å². The molecule has 1 saturated heterocycles. The van der Waals surface area contributed by atoms with Crippen LogP contribution in [0.15, 0.2) is 6.20 Å². The van der Waals surface area contributed by atoms with Crippen LogP contribution in [0.2, 0.25) is 0 Å². The van der Waals surface area contributed by atoms with E-state index in [0.29, 0.717) is 12.0 Å². The van der Waals surface area contributed by atoms with Gasteiger partial charge in [-0.15, -0.1) is 0 Å². The van der Waals surface area contributed by atoms with Crippen LogP contribution in [0, 0.1) is 5.92 Å². The quantitative estimate of drug-likeness (QED) is 0.839. The number of ether oxygens (including phenoxy) is 1. The van der Waals surface area contributed by atoms with Gasteiger partial charge in [0, 0.05) is 38.5 Å². The maximum atomic E-state index is 5.71. The summed E-state index contributed by atoms with van der Waals surface area (Å²) in [6.07, 6.45) is 5.89. The van der Waals surface area contributed by atoms with Crippen molar-refractivity contribution in [3.05, 3.63) is 17.5 Å². The minimum absolute atomic E-state index is 0.456. The van der Waals surface area contributed by atoms with Crippen molar-refractivity contribution in [2.24, 2.45) is 13.0 Å². The Morgan fingerprint density at radius 1 is 1.50 bits per heavy atom. The van der Waals surface area contributed by atoms with Crippen LogP contribution in [0.25, 0.3) is 0 Å². The lowest BCUT2D eigenvalue weighted by Crippen LogP contribution is -2.28. The van der Waals surface area contributed by atoms with E-state index in [1.54, 1.807) is 0 Å². The topological polar surface area (TPSA) is 39.1 Å². The lowest BCUT2D eigenvalue weighted by Gasteiger charge is -2.17. The Morgan fingerprint density at radius 2 is 2.33 bits per heavy atom. The van der Waals surface area contributed by atoms with E-state index in [9.17, 15) is 0 Å². The molecule has 1 aromatic heterocycles. The van der Waals surface area contributed by atoms with Crippen molar-refractivity contribution >= 4 is 0 Å². The van der Waals surface area contributed by atoms with Crippen molar-refractivity contribution in [3.63, 3.8) is 0 Å². The van der Waals surface area contributed by atoms with Crippen molar-refractivity contribution in [1.82, 2.24) is 15.1 Å². The predicted octanol–water partition coefficient (Wildman–Crippen LogP) is 1.89. The van der Waals surface area contributed by atoms with E-state index in [-0.39, 0.29) is 0 Å². The number of aryl methyl sites for hydroxylation is 2. The molecule has 0 aliphatic carbocycles. The molecule has 2 atom stereocenters. The summed E-state index contributed by atoms with van der Waals surface area (Å²) in [6.45, 7) is 7.27. The average Bonchev–Trinajstić information content (AvgIpc) is 2.95. The number of nitrogens with zero attached hydrogens (tertiary/aromatic N) is 2. The number of rotatable bonds is 6. The summed E-state index contributed by atoms with van der Waals surface area (Å²) in [4.78, 5) is 0. The highest BCUT2D eigenvalue weighted by Gasteiger charge is 2.26. The van der Waals surface area contributed by atoms with Crippen molar-refractivity contribution < 1.29 is 4.74 Å². The van der Waals surface area contributed by atoms with Gasteiger partial charge in [0.15, 0.2) is 0 Å². The second kappa shape index (κ2) is 6.34. The van der Waals surface area contributed by atoms with Crippen molar-refractivity contribution in [3.8, 4) is 0 Å². The van der Waals surface area contributed by atoms with Crippen LogP contribution < -0.4 is 5.32 Å². The van der Waals surface area contributed by atoms with E-state index in [2.05, 4.69) is 30.5 Å². The zero-order chi connectivity index (χ0) is 13.0. The van der Waals surface area contributed by atoms with Crippen LogP contribution in [0.3, 0.4) is 0 Å². The van der Waals surface area contributed by atoms with Crippen LogP contribution >= 0.6 is 0 Å². The van der Waals surface area contributed by atoms with Gasteiger partial charge in [-0.2, -0.15) is 5.10 Å². The van der Waals surface area contributed by atoms with Gasteiger partial charge in [-0.25, -0.2) is 0 Å². The first-order valence-corrected chi connectivity index (χ1v) is 7.08. The summed E-state index contributed by atoms with van der Waals surface area (Å²) in [5.74, 6) is 0.678. The highest BCUT2D eigenvalue weighted by molar-refractivity contribution is 5.16. The summed E-state index contributed by atoms with van der Waals surface area (Å²) in [5, 5.41) is 8.03. The van der Waals surface area contributed by atoms with Crippen molar-refractivity contribution in [2.75, 3.05) is 13.2 Å². The molecule has 0 aromatic carbocycles. The van der Waals surface area contributed by atoms with Gasteiger partial charge in [0.2, 0.25) is 0 Å². The average molecular weight is 251 g/mol. The number of nitrogens with one attached hydrogen (secondary N) is 1. The molecule has 0 spiro atoms. The molecular weight excluding hydrogens is 226 g/mol. The van der Waals surface area contributed by atoms with Gasteiger partial charge in [-0.1, -0.05) is 13.8 Å². The highest BCUT2D eigenvalue weighted by atomic mass is 16.5. The molecule has 2 unspecified atom stereocenters. The first-order chi connectivity index (χ1) is 8.74. The lowest BCUT2D eigenvalue weighted by molar-refractivity contribution is 0.0872. The minimum Gasteiger partial charge on any atom is -0.378 e. The highest BCUT2D eigenvalue weighted by Crippen LogP contribution is 2.22. The van der Waals surface area contributed by atoms with Gasteiger partial charge >= 0.3 is 0 Å². The molecule has 2 rings (SSSR count). The molecule has 2 heterocycles. The van der Waals surface area contributed by atoms with Gasteiger partial charge < -0.3 is 10.1 Å². The third kappa shape index (κ3) is 3.12.